The molecule has 2 rings (SSSR count). The monoisotopic (exact) mass is 208 g/mol. The van der Waals surface area contributed by atoms with Gasteiger partial charge >= 0.3 is 0 Å². The predicted molar refractivity (Wildman–Crippen MR) is 52.1 cm³/mol. The Morgan fingerprint density at radius 3 is 2.80 bits per heavy atom. The van der Waals surface area contributed by atoms with Crippen molar-refractivity contribution >= 4 is 0 Å². The van der Waals surface area contributed by atoms with Gasteiger partial charge in [-0.25, -0.2) is 0 Å². The topological polar surface area (TPSA) is 72.3 Å². The number of aromatic nitrogens is 2. The zero-order valence-corrected chi connectivity index (χ0v) is 8.54. The van der Waals surface area contributed by atoms with Crippen LogP contribution in [0.15, 0.2) is 27.5 Å². The van der Waals surface area contributed by atoms with Crippen molar-refractivity contribution in [3.8, 4) is 11.4 Å². The maximum Gasteiger partial charge on any atom is 0.232 e. The Labute approximate surface area is 86.7 Å². The fourth-order valence-electron chi connectivity index (χ4n) is 1.14. The Balaban J connectivity index is 2.25. The van der Waals surface area contributed by atoms with E-state index in [1.807, 2.05) is 6.92 Å². The van der Waals surface area contributed by atoms with Crippen molar-refractivity contribution in [2.24, 2.45) is 0 Å². The van der Waals surface area contributed by atoms with Gasteiger partial charge in [-0.15, -0.1) is 0 Å². The zero-order chi connectivity index (χ0) is 10.8. The maximum absolute atomic E-state index is 9.37. The van der Waals surface area contributed by atoms with Gasteiger partial charge in [-0.1, -0.05) is 12.1 Å². The molecule has 0 saturated heterocycles. The van der Waals surface area contributed by atoms with Gasteiger partial charge in [-0.3, -0.25) is 0 Å². The van der Waals surface area contributed by atoms with Crippen LogP contribution in [0.3, 0.4) is 0 Å². The van der Waals surface area contributed by atoms with Gasteiger partial charge in [-0.2, -0.15) is 4.98 Å². The number of nitrogens with zero attached hydrogens (tertiary/aromatic N) is 2. The molecule has 2 heterocycles. The number of aliphatic hydroxyl groups is 1. The number of hydrogen-bond donors (Lipinski definition) is 1. The van der Waals surface area contributed by atoms with Crippen LogP contribution in [-0.4, -0.2) is 21.4 Å². The normalized spacial score (nSPS) is 15.1. The van der Waals surface area contributed by atoms with Gasteiger partial charge in [0.15, 0.2) is 0 Å². The van der Waals surface area contributed by atoms with Crippen molar-refractivity contribution in [2.75, 3.05) is 0 Å². The van der Waals surface area contributed by atoms with Crippen LogP contribution in [0, 0.1) is 0 Å². The molecule has 2 aromatic heterocycles. The van der Waals surface area contributed by atoms with Gasteiger partial charge in [0.25, 0.3) is 0 Å². The first kappa shape index (κ1) is 9.92. The molecule has 5 nitrogen and oxygen atoms in total. The quantitative estimate of drug-likeness (QED) is 0.832. The molecule has 0 aliphatic heterocycles. The van der Waals surface area contributed by atoms with E-state index < -0.39 is 6.10 Å². The van der Waals surface area contributed by atoms with E-state index in [9.17, 15) is 5.11 Å². The lowest BCUT2D eigenvalue weighted by Crippen LogP contribution is -2.11. The Morgan fingerprint density at radius 2 is 2.20 bits per heavy atom. The SMILES string of the molecule is CC(O)C(C)c1nc(-c2ccoc2)no1. The van der Waals surface area contributed by atoms with E-state index in [1.54, 1.807) is 25.5 Å². The van der Waals surface area contributed by atoms with Gasteiger partial charge in [0.05, 0.1) is 23.8 Å². The summed E-state index contributed by atoms with van der Waals surface area (Å²) >= 11 is 0. The number of rotatable bonds is 3. The average Bonchev–Trinajstić information content (AvgIpc) is 2.86. The molecule has 80 valence electrons. The van der Waals surface area contributed by atoms with Crippen molar-refractivity contribution in [2.45, 2.75) is 25.9 Å². The minimum atomic E-state index is -0.511. The molecule has 1 N–H and O–H groups in total. The highest BCUT2D eigenvalue weighted by molar-refractivity contribution is 5.51. The van der Waals surface area contributed by atoms with Crippen LogP contribution in [0.5, 0.6) is 0 Å². The molecule has 0 aliphatic carbocycles. The first-order valence-corrected chi connectivity index (χ1v) is 4.72. The van der Waals surface area contributed by atoms with Gasteiger partial charge in [-0.05, 0) is 13.0 Å². The minimum absolute atomic E-state index is 0.168. The summed E-state index contributed by atoms with van der Waals surface area (Å²) in [5.74, 6) is 0.741. The van der Waals surface area contributed by atoms with Crippen LogP contribution in [0.25, 0.3) is 11.4 Å². The lowest BCUT2D eigenvalue weighted by atomic mass is 10.1. The summed E-state index contributed by atoms with van der Waals surface area (Å²) in [6, 6.07) is 1.75. The Hall–Kier alpha value is -1.62. The molecule has 0 spiro atoms. The van der Waals surface area contributed by atoms with Crippen molar-refractivity contribution in [1.82, 2.24) is 10.1 Å². The van der Waals surface area contributed by atoms with Crippen molar-refractivity contribution in [1.29, 1.82) is 0 Å². The largest absolute Gasteiger partial charge is 0.472 e. The van der Waals surface area contributed by atoms with E-state index in [1.165, 1.54) is 0 Å². The summed E-state index contributed by atoms with van der Waals surface area (Å²) < 4.78 is 9.96. The van der Waals surface area contributed by atoms with Crippen LogP contribution in [0.4, 0.5) is 0 Å². The summed E-state index contributed by atoms with van der Waals surface area (Å²) in [5.41, 5.74) is 0.766. The van der Waals surface area contributed by atoms with Crippen LogP contribution in [-0.2, 0) is 0 Å². The lowest BCUT2D eigenvalue weighted by molar-refractivity contribution is 0.151. The Bertz CT molecular complexity index is 420. The van der Waals surface area contributed by atoms with Gasteiger partial charge in [0.1, 0.15) is 6.26 Å². The molecule has 0 radical (unpaired) electrons. The summed E-state index contributed by atoms with van der Waals surface area (Å²) in [7, 11) is 0. The van der Waals surface area contributed by atoms with E-state index in [2.05, 4.69) is 10.1 Å². The molecular weight excluding hydrogens is 196 g/mol. The van der Waals surface area contributed by atoms with Crippen LogP contribution in [0.1, 0.15) is 25.7 Å². The van der Waals surface area contributed by atoms with Crippen molar-refractivity contribution in [3.63, 3.8) is 0 Å². The molecule has 5 heteroatoms. The number of furan rings is 1. The van der Waals surface area contributed by atoms with E-state index in [4.69, 9.17) is 8.94 Å². The molecule has 0 bridgehead atoms. The van der Waals surface area contributed by atoms with Crippen LogP contribution >= 0.6 is 0 Å². The average molecular weight is 208 g/mol. The molecule has 15 heavy (non-hydrogen) atoms. The summed E-state index contributed by atoms with van der Waals surface area (Å²) in [4.78, 5) is 4.18. The molecule has 0 fully saturated rings. The third-order valence-electron chi connectivity index (χ3n) is 2.33. The molecule has 0 aromatic carbocycles. The molecule has 0 aliphatic rings. The van der Waals surface area contributed by atoms with Crippen LogP contribution in [0.2, 0.25) is 0 Å². The Kier molecular flexibility index (Phi) is 2.55. The van der Waals surface area contributed by atoms with Crippen LogP contribution < -0.4 is 0 Å². The second-order valence-electron chi connectivity index (χ2n) is 3.50. The second-order valence-corrected chi connectivity index (χ2v) is 3.50. The first-order chi connectivity index (χ1) is 7.18. The summed E-state index contributed by atoms with van der Waals surface area (Å²) in [6.45, 7) is 3.52. The van der Waals surface area contributed by atoms with E-state index in [-0.39, 0.29) is 5.92 Å². The summed E-state index contributed by atoms with van der Waals surface area (Å²) in [5, 5.41) is 13.2. The first-order valence-electron chi connectivity index (χ1n) is 4.72. The Morgan fingerprint density at radius 1 is 1.40 bits per heavy atom. The lowest BCUT2D eigenvalue weighted by Gasteiger charge is -2.07. The maximum atomic E-state index is 9.37. The number of aliphatic hydroxyl groups excluding tert-OH is 1. The second kappa shape index (κ2) is 3.86. The molecule has 0 saturated carbocycles. The van der Waals surface area contributed by atoms with Gasteiger partial charge < -0.3 is 14.0 Å². The highest BCUT2D eigenvalue weighted by Crippen LogP contribution is 2.21. The predicted octanol–water partition coefficient (Wildman–Crippen LogP) is 1.81. The molecule has 0 amide bonds. The highest BCUT2D eigenvalue weighted by atomic mass is 16.5. The van der Waals surface area contributed by atoms with Gasteiger partial charge in [0, 0.05) is 0 Å². The number of hydrogen-bond acceptors (Lipinski definition) is 5. The van der Waals surface area contributed by atoms with Gasteiger partial charge in [0.2, 0.25) is 11.7 Å². The fraction of sp³-hybridized carbons (Fsp3) is 0.400. The molecule has 2 atom stereocenters. The molecular formula is C10H12N2O3. The molecule has 2 unspecified atom stereocenters. The van der Waals surface area contributed by atoms with E-state index >= 15 is 0 Å². The third-order valence-corrected chi connectivity index (χ3v) is 2.33. The van der Waals surface area contributed by atoms with Crippen molar-refractivity contribution in [3.05, 3.63) is 24.5 Å². The standard InChI is InChI=1S/C10H12N2O3/c1-6(7(2)13)10-11-9(12-15-10)8-3-4-14-5-8/h3-7,13H,1-2H3. The smallest absolute Gasteiger partial charge is 0.232 e. The third kappa shape index (κ3) is 1.92. The van der Waals surface area contributed by atoms with Crippen molar-refractivity contribution < 1.29 is 14.0 Å². The zero-order valence-electron chi connectivity index (χ0n) is 8.54. The molecule has 2 aromatic rings. The van der Waals surface area contributed by atoms with E-state index in [0.717, 1.165) is 5.56 Å². The highest BCUT2D eigenvalue weighted by Gasteiger charge is 2.19. The minimum Gasteiger partial charge on any atom is -0.472 e. The van der Waals surface area contributed by atoms with E-state index in [0.29, 0.717) is 11.7 Å². The fourth-order valence-corrected chi connectivity index (χ4v) is 1.14. The summed E-state index contributed by atoms with van der Waals surface area (Å²) in [6.07, 6.45) is 2.58.